The average molecular weight is 224 g/mol. The lowest BCUT2D eigenvalue weighted by molar-refractivity contribution is -0.142. The summed E-state index contributed by atoms with van der Waals surface area (Å²) < 4.78 is 20.6. The van der Waals surface area contributed by atoms with Crippen LogP contribution in [-0.2, 0) is 9.53 Å². The molecule has 1 aromatic rings. The Morgan fingerprint density at radius 3 is 3.00 bits per heavy atom. The fraction of sp³-hybridized carbons (Fsp3) is 0.364. The minimum atomic E-state index is -0.436. The Kier molecular flexibility index (Phi) is 3.14. The highest BCUT2D eigenvalue weighted by Gasteiger charge is 2.17. The Labute approximate surface area is 92.9 Å². The molecule has 0 N–H and O–H groups in total. The van der Waals surface area contributed by atoms with Gasteiger partial charge in [0.05, 0.1) is 7.11 Å². The summed E-state index contributed by atoms with van der Waals surface area (Å²) in [7, 11) is 1.31. The maximum absolute atomic E-state index is 10.9. The van der Waals surface area contributed by atoms with Gasteiger partial charge in [-0.3, -0.25) is 0 Å². The molecule has 0 aliphatic carbocycles. The van der Waals surface area contributed by atoms with E-state index in [-0.39, 0.29) is 6.61 Å². The van der Waals surface area contributed by atoms with Crippen LogP contribution < -0.4 is 14.2 Å². The van der Waals surface area contributed by atoms with Crippen LogP contribution in [0.15, 0.2) is 18.2 Å². The van der Waals surface area contributed by atoms with Gasteiger partial charge in [-0.05, 0) is 12.1 Å². The van der Waals surface area contributed by atoms with Gasteiger partial charge in [0, 0.05) is 0 Å². The summed E-state index contributed by atoms with van der Waals surface area (Å²) in [4.78, 5) is 10.9. The molecule has 0 atom stereocenters. The van der Waals surface area contributed by atoms with E-state index < -0.39 is 5.97 Å². The normalized spacial score (nSPS) is 13.1. The van der Waals surface area contributed by atoms with Gasteiger partial charge >= 0.3 is 5.97 Å². The van der Waals surface area contributed by atoms with Crippen LogP contribution in [0.5, 0.6) is 17.2 Å². The molecule has 2 rings (SSSR count). The fourth-order valence-corrected chi connectivity index (χ4v) is 1.36. The van der Waals surface area contributed by atoms with Gasteiger partial charge in [-0.15, -0.1) is 0 Å². The Bertz CT molecular complexity index is 388. The standard InChI is InChI=1S/C11H12O5/c1-13-10(12)7-16-9-4-2-3-8-11(9)15-6-5-14-8/h2-4H,5-7H2,1H3. The first-order chi connectivity index (χ1) is 7.81. The Balaban J connectivity index is 2.11. The van der Waals surface area contributed by atoms with E-state index in [9.17, 15) is 4.79 Å². The molecule has 0 radical (unpaired) electrons. The summed E-state index contributed by atoms with van der Waals surface area (Å²) in [6.07, 6.45) is 0. The summed E-state index contributed by atoms with van der Waals surface area (Å²) in [6, 6.07) is 5.29. The minimum absolute atomic E-state index is 0.143. The van der Waals surface area contributed by atoms with Crippen LogP contribution in [0.4, 0.5) is 0 Å². The van der Waals surface area contributed by atoms with Crippen molar-refractivity contribution in [3.05, 3.63) is 18.2 Å². The first kappa shape index (κ1) is 10.6. The van der Waals surface area contributed by atoms with Gasteiger partial charge in [0.25, 0.3) is 0 Å². The quantitative estimate of drug-likeness (QED) is 0.717. The van der Waals surface area contributed by atoms with Crippen molar-refractivity contribution in [2.24, 2.45) is 0 Å². The van der Waals surface area contributed by atoms with Gasteiger partial charge in [0.15, 0.2) is 18.1 Å². The van der Waals surface area contributed by atoms with Crippen molar-refractivity contribution in [1.29, 1.82) is 0 Å². The van der Waals surface area contributed by atoms with Crippen molar-refractivity contribution in [2.75, 3.05) is 26.9 Å². The highest BCUT2D eigenvalue weighted by Crippen LogP contribution is 2.38. The predicted octanol–water partition coefficient (Wildman–Crippen LogP) is 1.01. The first-order valence-electron chi connectivity index (χ1n) is 4.89. The van der Waals surface area contributed by atoms with Crippen molar-refractivity contribution < 1.29 is 23.7 Å². The molecule has 0 saturated carbocycles. The van der Waals surface area contributed by atoms with Crippen molar-refractivity contribution in [2.45, 2.75) is 0 Å². The van der Waals surface area contributed by atoms with Gasteiger partial charge in [0.2, 0.25) is 5.75 Å². The van der Waals surface area contributed by atoms with Gasteiger partial charge in [-0.25, -0.2) is 4.79 Å². The maximum Gasteiger partial charge on any atom is 0.343 e. The lowest BCUT2D eigenvalue weighted by atomic mass is 10.3. The maximum atomic E-state index is 10.9. The van der Waals surface area contributed by atoms with E-state index in [4.69, 9.17) is 14.2 Å². The molecule has 0 bridgehead atoms. The number of fused-ring (bicyclic) bond motifs is 1. The van der Waals surface area contributed by atoms with Crippen LogP contribution in [0.3, 0.4) is 0 Å². The topological polar surface area (TPSA) is 54.0 Å². The molecular weight excluding hydrogens is 212 g/mol. The lowest BCUT2D eigenvalue weighted by Gasteiger charge is -2.20. The molecule has 16 heavy (non-hydrogen) atoms. The Morgan fingerprint density at radius 2 is 2.19 bits per heavy atom. The van der Waals surface area contributed by atoms with Gasteiger partial charge in [-0.1, -0.05) is 6.07 Å². The molecule has 5 heteroatoms. The van der Waals surface area contributed by atoms with Crippen LogP contribution in [0.1, 0.15) is 0 Å². The number of para-hydroxylation sites is 1. The molecular formula is C11H12O5. The number of methoxy groups -OCH3 is 1. The van der Waals surface area contributed by atoms with E-state index in [0.717, 1.165) is 0 Å². The van der Waals surface area contributed by atoms with Gasteiger partial charge < -0.3 is 18.9 Å². The van der Waals surface area contributed by atoms with E-state index in [1.54, 1.807) is 18.2 Å². The van der Waals surface area contributed by atoms with Crippen LogP contribution in [-0.4, -0.2) is 32.9 Å². The summed E-state index contributed by atoms with van der Waals surface area (Å²) in [5.74, 6) is 1.23. The molecule has 86 valence electrons. The molecule has 0 fully saturated rings. The summed E-state index contributed by atoms with van der Waals surface area (Å²) >= 11 is 0. The molecule has 0 unspecified atom stereocenters. The summed E-state index contributed by atoms with van der Waals surface area (Å²) in [6.45, 7) is 0.857. The number of carbonyl (C=O) groups is 1. The number of carbonyl (C=O) groups excluding carboxylic acids is 1. The van der Waals surface area contributed by atoms with Crippen molar-refractivity contribution in [3.8, 4) is 17.2 Å². The second-order valence-electron chi connectivity index (χ2n) is 3.15. The van der Waals surface area contributed by atoms with E-state index in [2.05, 4.69) is 4.74 Å². The van der Waals surface area contributed by atoms with Crippen LogP contribution in [0, 0.1) is 0 Å². The van der Waals surface area contributed by atoms with E-state index in [0.29, 0.717) is 30.5 Å². The van der Waals surface area contributed by atoms with E-state index in [1.807, 2.05) is 0 Å². The molecule has 1 aliphatic rings. The minimum Gasteiger partial charge on any atom is -0.486 e. The SMILES string of the molecule is COC(=O)COc1cccc2c1OCCO2. The molecule has 1 aliphatic heterocycles. The number of benzene rings is 1. The second-order valence-corrected chi connectivity index (χ2v) is 3.15. The molecule has 0 saturated heterocycles. The highest BCUT2D eigenvalue weighted by molar-refractivity contribution is 5.71. The van der Waals surface area contributed by atoms with Crippen molar-refractivity contribution >= 4 is 5.97 Å². The summed E-state index contributed by atoms with van der Waals surface area (Å²) in [5.41, 5.74) is 0. The zero-order valence-corrected chi connectivity index (χ0v) is 8.89. The van der Waals surface area contributed by atoms with E-state index >= 15 is 0 Å². The number of hydrogen-bond acceptors (Lipinski definition) is 5. The third kappa shape index (κ3) is 2.18. The highest BCUT2D eigenvalue weighted by atomic mass is 16.6. The average Bonchev–Trinajstić information content (AvgIpc) is 2.35. The smallest absolute Gasteiger partial charge is 0.343 e. The molecule has 0 spiro atoms. The van der Waals surface area contributed by atoms with Crippen molar-refractivity contribution in [3.63, 3.8) is 0 Å². The van der Waals surface area contributed by atoms with Gasteiger partial charge in [-0.2, -0.15) is 0 Å². The fourth-order valence-electron chi connectivity index (χ4n) is 1.36. The molecule has 0 amide bonds. The van der Waals surface area contributed by atoms with Crippen molar-refractivity contribution in [1.82, 2.24) is 0 Å². The van der Waals surface area contributed by atoms with Crippen LogP contribution in [0.2, 0.25) is 0 Å². The zero-order valence-electron chi connectivity index (χ0n) is 8.89. The Hall–Kier alpha value is -1.91. The largest absolute Gasteiger partial charge is 0.486 e. The summed E-state index contributed by atoms with van der Waals surface area (Å²) in [5, 5.41) is 0. The first-order valence-corrected chi connectivity index (χ1v) is 4.89. The lowest BCUT2D eigenvalue weighted by Crippen LogP contribution is -2.17. The zero-order chi connectivity index (χ0) is 11.4. The number of ether oxygens (including phenoxy) is 4. The monoisotopic (exact) mass is 224 g/mol. The van der Waals surface area contributed by atoms with Crippen LogP contribution >= 0.6 is 0 Å². The Morgan fingerprint density at radius 1 is 1.38 bits per heavy atom. The molecule has 5 nitrogen and oxygen atoms in total. The molecule has 1 heterocycles. The predicted molar refractivity (Wildman–Crippen MR) is 54.9 cm³/mol. The van der Waals surface area contributed by atoms with Crippen LogP contribution in [0.25, 0.3) is 0 Å². The molecule has 1 aromatic carbocycles. The van der Waals surface area contributed by atoms with E-state index in [1.165, 1.54) is 7.11 Å². The number of hydrogen-bond donors (Lipinski definition) is 0. The third-order valence-electron chi connectivity index (χ3n) is 2.10. The van der Waals surface area contributed by atoms with Gasteiger partial charge in [0.1, 0.15) is 13.2 Å². The number of rotatable bonds is 3. The molecule has 0 aromatic heterocycles. The third-order valence-corrected chi connectivity index (χ3v) is 2.10. The second kappa shape index (κ2) is 4.74. The number of esters is 1.